The summed E-state index contributed by atoms with van der Waals surface area (Å²) in [6.07, 6.45) is 4.58. The van der Waals surface area contributed by atoms with E-state index in [0.717, 1.165) is 11.1 Å². The third-order valence-electron chi connectivity index (χ3n) is 3.35. The Hall–Kier alpha value is -3.08. The number of carbonyl (C=O) groups is 1. The van der Waals surface area contributed by atoms with Crippen molar-refractivity contribution in [3.63, 3.8) is 0 Å². The molecule has 4 nitrogen and oxygen atoms in total. The summed E-state index contributed by atoms with van der Waals surface area (Å²) in [5.41, 5.74) is 1.69. The lowest BCUT2D eigenvalue weighted by Crippen LogP contribution is -2.09. The van der Waals surface area contributed by atoms with Gasteiger partial charge in [0.2, 0.25) is 5.91 Å². The average molecular weight is 341 g/mol. The molecule has 25 heavy (non-hydrogen) atoms. The Morgan fingerprint density at radius 2 is 2.04 bits per heavy atom. The molecular formula is C20H20FNO3. The van der Waals surface area contributed by atoms with E-state index >= 15 is 0 Å². The van der Waals surface area contributed by atoms with Gasteiger partial charge in [-0.2, -0.15) is 0 Å². The van der Waals surface area contributed by atoms with Crippen molar-refractivity contribution in [2.24, 2.45) is 0 Å². The van der Waals surface area contributed by atoms with Crippen LogP contribution >= 0.6 is 0 Å². The Morgan fingerprint density at radius 3 is 2.72 bits per heavy atom. The van der Waals surface area contributed by atoms with Crippen LogP contribution in [-0.2, 0) is 4.79 Å². The van der Waals surface area contributed by atoms with Gasteiger partial charge in [-0.1, -0.05) is 24.8 Å². The van der Waals surface area contributed by atoms with E-state index in [1.807, 2.05) is 0 Å². The van der Waals surface area contributed by atoms with Crippen LogP contribution in [0.5, 0.6) is 11.5 Å². The van der Waals surface area contributed by atoms with Crippen LogP contribution in [0.25, 0.3) is 6.08 Å². The minimum absolute atomic E-state index is 0.144. The van der Waals surface area contributed by atoms with Crippen LogP contribution in [0.3, 0.4) is 0 Å². The van der Waals surface area contributed by atoms with Crippen molar-refractivity contribution in [2.75, 3.05) is 19.0 Å². The van der Waals surface area contributed by atoms with Gasteiger partial charge in [0.05, 0.1) is 12.8 Å². The molecule has 0 heterocycles. The lowest BCUT2D eigenvalue weighted by Gasteiger charge is -2.09. The van der Waals surface area contributed by atoms with Crippen molar-refractivity contribution in [2.45, 2.75) is 6.92 Å². The zero-order chi connectivity index (χ0) is 18.2. The molecular weight excluding hydrogens is 321 g/mol. The Morgan fingerprint density at radius 1 is 1.24 bits per heavy atom. The standard InChI is InChI=1S/C20H20FNO3/c1-4-11-25-18-9-6-15(13-19(18)24-3)7-10-20(23)22-17-8-5-14(2)12-16(17)21/h4-10,12-13H,1,11H2,2-3H3,(H,22,23)/b10-7+. The molecule has 0 aliphatic heterocycles. The van der Waals surface area contributed by atoms with Crippen molar-refractivity contribution in [1.29, 1.82) is 0 Å². The first-order valence-electron chi connectivity index (χ1n) is 7.70. The molecule has 1 N–H and O–H groups in total. The fraction of sp³-hybridized carbons (Fsp3) is 0.150. The molecule has 130 valence electrons. The first-order valence-corrected chi connectivity index (χ1v) is 7.70. The summed E-state index contributed by atoms with van der Waals surface area (Å²) < 4.78 is 24.5. The van der Waals surface area contributed by atoms with Crippen LogP contribution in [-0.4, -0.2) is 19.6 Å². The molecule has 0 saturated carbocycles. The van der Waals surface area contributed by atoms with Gasteiger partial charge in [-0.3, -0.25) is 4.79 Å². The van der Waals surface area contributed by atoms with E-state index in [1.165, 1.54) is 25.3 Å². The molecule has 0 aliphatic rings. The first-order chi connectivity index (χ1) is 12.0. The summed E-state index contributed by atoms with van der Waals surface area (Å²) in [6.45, 7) is 5.75. The highest BCUT2D eigenvalue weighted by molar-refractivity contribution is 6.02. The highest BCUT2D eigenvalue weighted by Crippen LogP contribution is 2.28. The molecule has 0 unspecified atom stereocenters. The predicted octanol–water partition coefficient (Wildman–Crippen LogP) is 4.36. The monoisotopic (exact) mass is 341 g/mol. The Labute approximate surface area is 146 Å². The summed E-state index contributed by atoms with van der Waals surface area (Å²) in [5, 5.41) is 2.51. The number of hydrogen-bond acceptors (Lipinski definition) is 3. The van der Waals surface area contributed by atoms with Crippen molar-refractivity contribution in [3.05, 3.63) is 72.1 Å². The molecule has 2 rings (SSSR count). The highest BCUT2D eigenvalue weighted by atomic mass is 19.1. The smallest absolute Gasteiger partial charge is 0.248 e. The lowest BCUT2D eigenvalue weighted by molar-refractivity contribution is -0.111. The number of amides is 1. The predicted molar refractivity (Wildman–Crippen MR) is 97.5 cm³/mol. The van der Waals surface area contributed by atoms with E-state index in [2.05, 4.69) is 11.9 Å². The number of methoxy groups -OCH3 is 1. The van der Waals surface area contributed by atoms with Crippen molar-refractivity contribution in [3.8, 4) is 11.5 Å². The molecule has 2 aromatic rings. The van der Waals surface area contributed by atoms with Crippen LogP contribution in [0.15, 0.2) is 55.1 Å². The molecule has 0 spiro atoms. The number of aryl methyl sites for hydroxylation is 1. The molecule has 0 atom stereocenters. The fourth-order valence-corrected chi connectivity index (χ4v) is 2.12. The molecule has 1 amide bonds. The quantitative estimate of drug-likeness (QED) is 0.601. The number of ether oxygens (including phenoxy) is 2. The first kappa shape index (κ1) is 18.3. The number of carbonyl (C=O) groups excluding carboxylic acids is 1. The molecule has 0 radical (unpaired) electrons. The summed E-state index contributed by atoms with van der Waals surface area (Å²) in [7, 11) is 1.54. The third-order valence-corrected chi connectivity index (χ3v) is 3.35. The van der Waals surface area contributed by atoms with Gasteiger partial charge in [0, 0.05) is 6.08 Å². The lowest BCUT2D eigenvalue weighted by atomic mass is 10.2. The zero-order valence-electron chi connectivity index (χ0n) is 14.2. The maximum absolute atomic E-state index is 13.7. The van der Waals surface area contributed by atoms with Gasteiger partial charge in [0.15, 0.2) is 11.5 Å². The van der Waals surface area contributed by atoms with Gasteiger partial charge in [0.25, 0.3) is 0 Å². The number of nitrogens with one attached hydrogen (secondary N) is 1. The minimum atomic E-state index is -0.466. The molecule has 5 heteroatoms. The minimum Gasteiger partial charge on any atom is -0.493 e. The number of halogens is 1. The number of anilines is 1. The normalized spacial score (nSPS) is 10.5. The van der Waals surface area contributed by atoms with Crippen LogP contribution in [0, 0.1) is 12.7 Å². The molecule has 0 aromatic heterocycles. The fourth-order valence-electron chi connectivity index (χ4n) is 2.12. The SMILES string of the molecule is C=CCOc1ccc(/C=C/C(=O)Nc2ccc(C)cc2F)cc1OC. The summed E-state index contributed by atoms with van der Waals surface area (Å²) in [4.78, 5) is 12.0. The van der Waals surface area contributed by atoms with Gasteiger partial charge in [-0.25, -0.2) is 4.39 Å². The third kappa shape index (κ3) is 5.21. The van der Waals surface area contributed by atoms with Gasteiger partial charge in [-0.15, -0.1) is 0 Å². The largest absolute Gasteiger partial charge is 0.493 e. The summed E-state index contributed by atoms with van der Waals surface area (Å²) in [6, 6.07) is 9.91. The number of rotatable bonds is 7. The average Bonchev–Trinajstić information content (AvgIpc) is 2.60. The van der Waals surface area contributed by atoms with Crippen molar-refractivity contribution in [1.82, 2.24) is 0 Å². The van der Waals surface area contributed by atoms with Crippen molar-refractivity contribution < 1.29 is 18.7 Å². The topological polar surface area (TPSA) is 47.6 Å². The molecule has 0 saturated heterocycles. The van der Waals surface area contributed by atoms with E-state index in [9.17, 15) is 9.18 Å². The second-order valence-electron chi connectivity index (χ2n) is 5.32. The number of hydrogen-bond donors (Lipinski definition) is 1. The van der Waals surface area contributed by atoms with E-state index < -0.39 is 11.7 Å². The summed E-state index contributed by atoms with van der Waals surface area (Å²) >= 11 is 0. The highest BCUT2D eigenvalue weighted by Gasteiger charge is 2.06. The van der Waals surface area contributed by atoms with Gasteiger partial charge in [-0.05, 0) is 48.4 Å². The molecule has 0 aliphatic carbocycles. The van der Waals surface area contributed by atoms with E-state index in [-0.39, 0.29) is 5.69 Å². The van der Waals surface area contributed by atoms with Crippen LogP contribution in [0.2, 0.25) is 0 Å². The van der Waals surface area contributed by atoms with E-state index in [4.69, 9.17) is 9.47 Å². The Kier molecular flexibility index (Phi) is 6.34. The van der Waals surface area contributed by atoms with Gasteiger partial charge >= 0.3 is 0 Å². The van der Waals surface area contributed by atoms with Crippen molar-refractivity contribution >= 4 is 17.7 Å². The Bertz CT molecular complexity index is 800. The second kappa shape index (κ2) is 8.68. The zero-order valence-corrected chi connectivity index (χ0v) is 14.2. The maximum atomic E-state index is 13.7. The van der Waals surface area contributed by atoms with Gasteiger partial charge in [0.1, 0.15) is 12.4 Å². The van der Waals surface area contributed by atoms with Crippen LogP contribution in [0.1, 0.15) is 11.1 Å². The Balaban J connectivity index is 2.07. The van der Waals surface area contributed by atoms with Gasteiger partial charge < -0.3 is 14.8 Å². The summed E-state index contributed by atoms with van der Waals surface area (Å²) in [5.74, 6) is 0.251. The van der Waals surface area contributed by atoms with Crippen LogP contribution in [0.4, 0.5) is 10.1 Å². The molecule has 2 aromatic carbocycles. The second-order valence-corrected chi connectivity index (χ2v) is 5.32. The molecule has 0 fully saturated rings. The van der Waals surface area contributed by atoms with E-state index in [1.54, 1.807) is 43.3 Å². The van der Waals surface area contributed by atoms with Crippen LogP contribution < -0.4 is 14.8 Å². The molecule has 0 bridgehead atoms. The maximum Gasteiger partial charge on any atom is 0.248 e. The number of benzene rings is 2. The van der Waals surface area contributed by atoms with E-state index in [0.29, 0.717) is 18.1 Å².